The average Bonchev–Trinajstić information content (AvgIpc) is 3.06. The highest BCUT2D eigenvalue weighted by Gasteiger charge is 2.15. The van der Waals surface area contributed by atoms with E-state index in [9.17, 15) is 4.39 Å². The molecular formula is C20H18FNO2. The van der Waals surface area contributed by atoms with Gasteiger partial charge in [-0.15, -0.1) is 0 Å². The quantitative estimate of drug-likeness (QED) is 0.777. The van der Waals surface area contributed by atoms with Gasteiger partial charge in [0.25, 0.3) is 0 Å². The van der Waals surface area contributed by atoms with Gasteiger partial charge in [0.2, 0.25) is 0 Å². The Hall–Kier alpha value is -2.59. The summed E-state index contributed by atoms with van der Waals surface area (Å²) in [5, 5.41) is 3.34. The predicted molar refractivity (Wildman–Crippen MR) is 90.3 cm³/mol. The molecule has 1 aromatic heterocycles. The van der Waals surface area contributed by atoms with Crippen LogP contribution in [0.3, 0.4) is 0 Å². The maximum atomic E-state index is 13.6. The third-order valence-corrected chi connectivity index (χ3v) is 4.23. The van der Waals surface area contributed by atoms with Crippen molar-refractivity contribution in [1.82, 2.24) is 5.32 Å². The standard InChI is InChI=1S/C20H18FNO2/c21-18-4-2-1-3-15(18)13-23-17-7-5-14(6-8-17)20-11-16-12-22-10-9-19(16)24-20/h1-8,11,22H,9-10,12-13H2. The van der Waals surface area contributed by atoms with Crippen LogP contribution in [-0.4, -0.2) is 6.54 Å². The molecule has 4 heteroatoms. The van der Waals surface area contributed by atoms with Crippen LogP contribution in [0.15, 0.2) is 59.0 Å². The van der Waals surface area contributed by atoms with Crippen molar-refractivity contribution >= 4 is 0 Å². The molecule has 0 fully saturated rings. The number of halogens is 1. The van der Waals surface area contributed by atoms with Crippen molar-refractivity contribution in [3.63, 3.8) is 0 Å². The Morgan fingerprint density at radius 2 is 1.92 bits per heavy atom. The fourth-order valence-corrected chi connectivity index (χ4v) is 2.89. The van der Waals surface area contributed by atoms with Crippen LogP contribution in [0.1, 0.15) is 16.9 Å². The molecule has 0 unspecified atom stereocenters. The van der Waals surface area contributed by atoms with Crippen molar-refractivity contribution in [2.45, 2.75) is 19.6 Å². The first-order chi connectivity index (χ1) is 11.8. The molecule has 0 atom stereocenters. The second-order valence-electron chi connectivity index (χ2n) is 5.89. The van der Waals surface area contributed by atoms with E-state index in [4.69, 9.17) is 9.15 Å². The van der Waals surface area contributed by atoms with E-state index < -0.39 is 0 Å². The lowest BCUT2D eigenvalue weighted by Gasteiger charge is -2.09. The maximum Gasteiger partial charge on any atom is 0.134 e. The first-order valence-electron chi connectivity index (χ1n) is 8.08. The fourth-order valence-electron chi connectivity index (χ4n) is 2.89. The third kappa shape index (κ3) is 3.05. The van der Waals surface area contributed by atoms with Gasteiger partial charge in [-0.2, -0.15) is 0 Å². The topological polar surface area (TPSA) is 34.4 Å². The molecule has 3 aromatic rings. The number of ether oxygens (including phenoxy) is 1. The molecule has 1 N–H and O–H groups in total. The molecule has 24 heavy (non-hydrogen) atoms. The minimum absolute atomic E-state index is 0.215. The summed E-state index contributed by atoms with van der Waals surface area (Å²) in [5.41, 5.74) is 2.80. The summed E-state index contributed by atoms with van der Waals surface area (Å²) in [6.07, 6.45) is 0.930. The zero-order valence-corrected chi connectivity index (χ0v) is 13.2. The molecule has 4 rings (SSSR count). The van der Waals surface area contributed by atoms with Gasteiger partial charge in [0.05, 0.1) is 0 Å². The van der Waals surface area contributed by atoms with Crippen molar-refractivity contribution in [3.8, 4) is 17.1 Å². The normalized spacial score (nSPS) is 13.5. The largest absolute Gasteiger partial charge is 0.489 e. The third-order valence-electron chi connectivity index (χ3n) is 4.23. The van der Waals surface area contributed by atoms with E-state index in [1.165, 1.54) is 11.6 Å². The van der Waals surface area contributed by atoms with Crippen molar-refractivity contribution < 1.29 is 13.5 Å². The minimum atomic E-state index is -0.246. The molecule has 1 aliphatic heterocycles. The van der Waals surface area contributed by atoms with Crippen LogP contribution < -0.4 is 10.1 Å². The van der Waals surface area contributed by atoms with E-state index >= 15 is 0 Å². The zero-order chi connectivity index (χ0) is 16.4. The number of hydrogen-bond donors (Lipinski definition) is 1. The SMILES string of the molecule is Fc1ccccc1COc1ccc(-c2cc3c(o2)CCNC3)cc1. The zero-order valence-electron chi connectivity index (χ0n) is 13.2. The fraction of sp³-hybridized carbons (Fsp3) is 0.200. The van der Waals surface area contributed by atoms with E-state index in [-0.39, 0.29) is 12.4 Å². The molecule has 3 nitrogen and oxygen atoms in total. The van der Waals surface area contributed by atoms with Gasteiger partial charge in [-0.1, -0.05) is 18.2 Å². The Kier molecular flexibility index (Phi) is 4.05. The molecule has 2 heterocycles. The summed E-state index contributed by atoms with van der Waals surface area (Å²) in [6, 6.07) is 16.4. The molecular weight excluding hydrogens is 305 g/mol. The summed E-state index contributed by atoms with van der Waals surface area (Å²) in [6.45, 7) is 2.04. The molecule has 122 valence electrons. The van der Waals surface area contributed by atoms with Crippen LogP contribution in [0.2, 0.25) is 0 Å². The highest BCUT2D eigenvalue weighted by Crippen LogP contribution is 2.29. The second kappa shape index (κ2) is 6.49. The van der Waals surface area contributed by atoms with Crippen LogP contribution in [0.25, 0.3) is 11.3 Å². The number of hydrogen-bond acceptors (Lipinski definition) is 3. The number of rotatable bonds is 4. The van der Waals surface area contributed by atoms with Crippen LogP contribution in [0.4, 0.5) is 4.39 Å². The molecule has 0 spiro atoms. The maximum absolute atomic E-state index is 13.6. The van der Waals surface area contributed by atoms with Crippen LogP contribution in [0.5, 0.6) is 5.75 Å². The van der Waals surface area contributed by atoms with Gasteiger partial charge in [-0.05, 0) is 36.4 Å². The van der Waals surface area contributed by atoms with Crippen molar-refractivity contribution in [2.75, 3.05) is 6.54 Å². The van der Waals surface area contributed by atoms with Gasteiger partial charge in [-0.3, -0.25) is 0 Å². The van der Waals surface area contributed by atoms with Crippen molar-refractivity contribution in [3.05, 3.63) is 77.3 Å². The molecule has 0 amide bonds. The summed E-state index contributed by atoms with van der Waals surface area (Å²) in [7, 11) is 0. The van der Waals surface area contributed by atoms with E-state index in [1.807, 2.05) is 24.3 Å². The predicted octanol–water partition coefficient (Wildman–Crippen LogP) is 4.31. The van der Waals surface area contributed by atoms with Crippen LogP contribution in [-0.2, 0) is 19.6 Å². The van der Waals surface area contributed by atoms with Gasteiger partial charge >= 0.3 is 0 Å². The number of nitrogens with one attached hydrogen (secondary N) is 1. The number of fused-ring (bicyclic) bond motifs is 1. The van der Waals surface area contributed by atoms with E-state index in [2.05, 4.69) is 11.4 Å². The highest BCUT2D eigenvalue weighted by molar-refractivity contribution is 5.60. The Morgan fingerprint density at radius 1 is 1.08 bits per heavy atom. The van der Waals surface area contributed by atoms with Gasteiger partial charge in [0, 0.05) is 36.2 Å². The van der Waals surface area contributed by atoms with E-state index in [0.29, 0.717) is 11.3 Å². The molecule has 0 saturated carbocycles. The molecule has 0 saturated heterocycles. The Morgan fingerprint density at radius 3 is 2.71 bits per heavy atom. The Balaban J connectivity index is 1.46. The first-order valence-corrected chi connectivity index (χ1v) is 8.08. The van der Waals surface area contributed by atoms with Gasteiger partial charge < -0.3 is 14.5 Å². The van der Waals surface area contributed by atoms with Gasteiger partial charge in [0.1, 0.15) is 29.7 Å². The van der Waals surface area contributed by atoms with Crippen LogP contribution in [0, 0.1) is 5.82 Å². The number of benzene rings is 2. The molecule has 0 aliphatic carbocycles. The first kappa shape index (κ1) is 15.0. The smallest absolute Gasteiger partial charge is 0.134 e. The highest BCUT2D eigenvalue weighted by atomic mass is 19.1. The van der Waals surface area contributed by atoms with E-state index in [1.54, 1.807) is 18.2 Å². The lowest BCUT2D eigenvalue weighted by molar-refractivity contribution is 0.300. The number of furan rings is 1. The Bertz CT molecular complexity index is 816. The summed E-state index contributed by atoms with van der Waals surface area (Å²) >= 11 is 0. The summed E-state index contributed by atoms with van der Waals surface area (Å²) in [5.74, 6) is 2.41. The van der Waals surface area contributed by atoms with E-state index in [0.717, 1.165) is 36.6 Å². The molecule has 1 aliphatic rings. The summed E-state index contributed by atoms with van der Waals surface area (Å²) < 4.78 is 25.2. The van der Waals surface area contributed by atoms with Crippen molar-refractivity contribution in [2.24, 2.45) is 0 Å². The lowest BCUT2D eigenvalue weighted by atomic mass is 10.1. The Labute approximate surface area is 140 Å². The van der Waals surface area contributed by atoms with Gasteiger partial charge in [0.15, 0.2) is 0 Å². The summed E-state index contributed by atoms with van der Waals surface area (Å²) in [4.78, 5) is 0. The van der Waals surface area contributed by atoms with Crippen molar-refractivity contribution in [1.29, 1.82) is 0 Å². The monoisotopic (exact) mass is 323 g/mol. The molecule has 2 aromatic carbocycles. The molecule has 0 radical (unpaired) electrons. The second-order valence-corrected chi connectivity index (χ2v) is 5.89. The average molecular weight is 323 g/mol. The van der Waals surface area contributed by atoms with Crippen LogP contribution >= 0.6 is 0 Å². The van der Waals surface area contributed by atoms with Gasteiger partial charge in [-0.25, -0.2) is 4.39 Å². The minimum Gasteiger partial charge on any atom is -0.489 e. The lowest BCUT2D eigenvalue weighted by Crippen LogP contribution is -2.22. The molecule has 0 bridgehead atoms.